The van der Waals surface area contributed by atoms with E-state index in [0.717, 1.165) is 50.1 Å². The lowest BCUT2D eigenvalue weighted by atomic mass is 10.0. The lowest BCUT2D eigenvalue weighted by molar-refractivity contribution is 1.07. The van der Waals surface area contributed by atoms with E-state index >= 15 is 0 Å². The van der Waals surface area contributed by atoms with Gasteiger partial charge in [0, 0.05) is 45.4 Å². The Labute approximate surface area is 297 Å². The summed E-state index contributed by atoms with van der Waals surface area (Å²) in [5.41, 5.74) is 8.94. The molecule has 0 N–H and O–H groups in total. The number of pyridine rings is 1. The molecular weight excluding hydrogens is 637 g/mol. The molecule has 52 heavy (non-hydrogen) atoms. The Morgan fingerprint density at radius 2 is 0.981 bits per heavy atom. The van der Waals surface area contributed by atoms with Crippen LogP contribution in [0.1, 0.15) is 0 Å². The molecular formula is C46H28N6. The van der Waals surface area contributed by atoms with Crippen molar-refractivity contribution in [3.63, 3.8) is 0 Å². The number of benzene rings is 7. The first-order valence-corrected chi connectivity index (χ1v) is 17.4. The van der Waals surface area contributed by atoms with Crippen molar-refractivity contribution in [2.45, 2.75) is 0 Å². The second kappa shape index (κ2) is 11.2. The Hall–Kier alpha value is -7.18. The first-order valence-electron chi connectivity index (χ1n) is 17.4. The summed E-state index contributed by atoms with van der Waals surface area (Å²) in [6, 6.07) is 57.1. The molecule has 0 saturated heterocycles. The number of para-hydroxylation sites is 1. The highest BCUT2D eigenvalue weighted by atomic mass is 15.0. The molecule has 0 saturated carbocycles. The highest BCUT2D eigenvalue weighted by molar-refractivity contribution is 6.12. The van der Waals surface area contributed by atoms with Crippen molar-refractivity contribution in [2.75, 3.05) is 0 Å². The van der Waals surface area contributed by atoms with Crippen LogP contribution < -0.4 is 0 Å². The Morgan fingerprint density at radius 1 is 0.365 bits per heavy atom. The van der Waals surface area contributed by atoms with E-state index in [1.807, 2.05) is 60.7 Å². The average Bonchev–Trinajstić information content (AvgIpc) is 3.74. The Morgan fingerprint density at radius 3 is 1.73 bits per heavy atom. The van der Waals surface area contributed by atoms with Gasteiger partial charge < -0.3 is 4.57 Å². The maximum atomic E-state index is 5.19. The fraction of sp³-hybridized carbons (Fsp3) is 0. The van der Waals surface area contributed by atoms with Crippen LogP contribution in [0.2, 0.25) is 0 Å². The molecule has 242 valence electrons. The van der Waals surface area contributed by atoms with Crippen molar-refractivity contribution in [1.29, 1.82) is 0 Å². The van der Waals surface area contributed by atoms with E-state index in [4.69, 9.17) is 19.9 Å². The predicted octanol–water partition coefficient (Wildman–Crippen LogP) is 11.1. The van der Waals surface area contributed by atoms with Crippen molar-refractivity contribution in [1.82, 2.24) is 28.9 Å². The molecule has 0 spiro atoms. The van der Waals surface area contributed by atoms with E-state index in [1.54, 1.807) is 0 Å². The van der Waals surface area contributed by atoms with Gasteiger partial charge in [0.1, 0.15) is 5.65 Å². The molecule has 0 radical (unpaired) electrons. The molecule has 0 aliphatic rings. The van der Waals surface area contributed by atoms with E-state index in [9.17, 15) is 0 Å². The zero-order valence-corrected chi connectivity index (χ0v) is 27.8. The average molecular weight is 665 g/mol. The summed E-state index contributed by atoms with van der Waals surface area (Å²) in [5, 5.41) is 7.33. The summed E-state index contributed by atoms with van der Waals surface area (Å²) in [6.45, 7) is 0. The van der Waals surface area contributed by atoms with Crippen LogP contribution >= 0.6 is 0 Å². The molecule has 4 aromatic heterocycles. The largest absolute Gasteiger partial charge is 0.309 e. The minimum absolute atomic E-state index is 0.609. The number of fused-ring (bicyclic) bond motifs is 9. The number of rotatable bonds is 4. The van der Waals surface area contributed by atoms with Gasteiger partial charge in [0.2, 0.25) is 0 Å². The van der Waals surface area contributed by atoms with Gasteiger partial charge in [-0.3, -0.25) is 4.40 Å². The van der Waals surface area contributed by atoms with Crippen LogP contribution in [-0.2, 0) is 0 Å². The third kappa shape index (κ3) is 4.44. The topological polar surface area (TPSA) is 60.9 Å². The van der Waals surface area contributed by atoms with Crippen LogP contribution in [0.25, 0.3) is 99.9 Å². The monoisotopic (exact) mass is 664 g/mol. The summed E-state index contributed by atoms with van der Waals surface area (Å²) in [7, 11) is 0. The lowest BCUT2D eigenvalue weighted by Crippen LogP contribution is -2.00. The van der Waals surface area contributed by atoms with Crippen LogP contribution in [0.15, 0.2) is 170 Å². The summed E-state index contributed by atoms with van der Waals surface area (Å²) in [6.07, 6.45) is 2.24. The molecule has 4 heterocycles. The standard InChI is InChI=1S/C46H28N6/c1-3-12-31(13-4-1)44-48-45(32-14-5-2-6-15-32)50-46(49-44)33-22-24-41-39(25-33)47-43-27-42-38(28-51(41)43)36-17-9-10-18-40(36)52(42)34-23-21-30-20-19-29-11-7-8-16-35(29)37(30)26-34/h1-28H. The molecule has 0 atom stereocenters. The fourth-order valence-corrected chi connectivity index (χ4v) is 7.65. The van der Waals surface area contributed by atoms with Crippen LogP contribution in [0.4, 0.5) is 0 Å². The van der Waals surface area contributed by atoms with Crippen molar-refractivity contribution in [3.8, 4) is 39.9 Å². The summed E-state index contributed by atoms with van der Waals surface area (Å²) < 4.78 is 4.57. The van der Waals surface area contributed by atoms with Crippen molar-refractivity contribution in [2.24, 2.45) is 0 Å². The van der Waals surface area contributed by atoms with E-state index < -0.39 is 0 Å². The van der Waals surface area contributed by atoms with Gasteiger partial charge in [-0.25, -0.2) is 19.9 Å². The molecule has 7 aromatic carbocycles. The van der Waals surface area contributed by atoms with Gasteiger partial charge in [0.05, 0.1) is 22.1 Å². The molecule has 6 heteroatoms. The Balaban J connectivity index is 1.10. The summed E-state index contributed by atoms with van der Waals surface area (Å²) in [5.74, 6) is 1.88. The van der Waals surface area contributed by atoms with Gasteiger partial charge in [-0.15, -0.1) is 0 Å². The smallest absolute Gasteiger partial charge is 0.164 e. The maximum Gasteiger partial charge on any atom is 0.164 e. The zero-order chi connectivity index (χ0) is 34.2. The molecule has 11 rings (SSSR count). The number of aromatic nitrogens is 6. The lowest BCUT2D eigenvalue weighted by Gasteiger charge is -2.11. The van der Waals surface area contributed by atoms with Gasteiger partial charge >= 0.3 is 0 Å². The van der Waals surface area contributed by atoms with Gasteiger partial charge in [0.25, 0.3) is 0 Å². The molecule has 0 bridgehead atoms. The van der Waals surface area contributed by atoms with Crippen LogP contribution in [0.5, 0.6) is 0 Å². The molecule has 6 nitrogen and oxygen atoms in total. The van der Waals surface area contributed by atoms with Gasteiger partial charge in [0.15, 0.2) is 17.5 Å². The number of hydrogen-bond donors (Lipinski definition) is 0. The first-order chi connectivity index (χ1) is 25.7. The van der Waals surface area contributed by atoms with Gasteiger partial charge in [-0.05, 0) is 57.9 Å². The fourth-order valence-electron chi connectivity index (χ4n) is 7.65. The van der Waals surface area contributed by atoms with Crippen LogP contribution in [-0.4, -0.2) is 28.9 Å². The third-order valence-corrected chi connectivity index (χ3v) is 10.1. The molecule has 0 aliphatic carbocycles. The predicted molar refractivity (Wildman–Crippen MR) is 212 cm³/mol. The van der Waals surface area contributed by atoms with Crippen molar-refractivity contribution in [3.05, 3.63) is 170 Å². The summed E-state index contributed by atoms with van der Waals surface area (Å²) >= 11 is 0. The van der Waals surface area contributed by atoms with E-state index in [1.165, 1.54) is 32.3 Å². The quantitative estimate of drug-likeness (QED) is 0.176. The maximum absolute atomic E-state index is 5.19. The highest BCUT2D eigenvalue weighted by Crippen LogP contribution is 2.36. The third-order valence-electron chi connectivity index (χ3n) is 10.1. The molecule has 0 aliphatic heterocycles. The zero-order valence-electron chi connectivity index (χ0n) is 27.8. The molecule has 0 amide bonds. The molecule has 0 unspecified atom stereocenters. The van der Waals surface area contributed by atoms with E-state index in [0.29, 0.717) is 17.5 Å². The van der Waals surface area contributed by atoms with Crippen molar-refractivity contribution >= 4 is 60.0 Å². The second-order valence-electron chi connectivity index (χ2n) is 13.2. The minimum Gasteiger partial charge on any atom is -0.309 e. The van der Waals surface area contributed by atoms with Gasteiger partial charge in [-0.2, -0.15) is 0 Å². The van der Waals surface area contributed by atoms with E-state index in [-0.39, 0.29) is 0 Å². The highest BCUT2D eigenvalue weighted by Gasteiger charge is 2.18. The second-order valence-corrected chi connectivity index (χ2v) is 13.2. The minimum atomic E-state index is 0.609. The Bertz CT molecular complexity index is 3120. The Kier molecular flexibility index (Phi) is 6.15. The number of hydrogen-bond acceptors (Lipinski definition) is 4. The van der Waals surface area contributed by atoms with Gasteiger partial charge in [-0.1, -0.05) is 121 Å². The molecule has 0 fully saturated rings. The summed E-state index contributed by atoms with van der Waals surface area (Å²) in [4.78, 5) is 20.0. The SMILES string of the molecule is c1ccc(-c2nc(-c3ccccc3)nc(-c3ccc4c(c3)nc3cc5c(cn34)c3ccccc3n5-c3ccc4ccc5ccccc5c4c3)n2)cc1. The number of imidazole rings is 1. The van der Waals surface area contributed by atoms with Crippen molar-refractivity contribution < 1.29 is 0 Å². The number of nitrogens with zero attached hydrogens (tertiary/aromatic N) is 6. The normalized spacial score (nSPS) is 11.8. The first kappa shape index (κ1) is 28.6. The molecule has 11 aromatic rings. The van der Waals surface area contributed by atoms with Crippen LogP contribution in [0, 0.1) is 0 Å². The van der Waals surface area contributed by atoms with E-state index in [2.05, 4.69) is 118 Å². The van der Waals surface area contributed by atoms with Crippen LogP contribution in [0.3, 0.4) is 0 Å².